The summed E-state index contributed by atoms with van der Waals surface area (Å²) in [6.45, 7) is 10.9. The minimum atomic E-state index is -0.539. The van der Waals surface area contributed by atoms with E-state index in [1.54, 1.807) is 0 Å². The predicted octanol–water partition coefficient (Wildman–Crippen LogP) is 4.86. The summed E-state index contributed by atoms with van der Waals surface area (Å²) >= 11 is 6.30. The van der Waals surface area contributed by atoms with Crippen molar-refractivity contribution in [3.05, 3.63) is 35.4 Å². The molecule has 0 spiro atoms. The molecule has 0 aliphatic rings. The van der Waals surface area contributed by atoms with Crippen LogP contribution in [0.1, 0.15) is 38.6 Å². The van der Waals surface area contributed by atoms with Crippen molar-refractivity contribution in [3.63, 3.8) is 0 Å². The van der Waals surface area contributed by atoms with E-state index in [1.165, 1.54) is 6.07 Å². The van der Waals surface area contributed by atoms with Crippen LogP contribution in [0, 0.1) is 23.5 Å². The molecule has 0 saturated carbocycles. The Bertz CT molecular complexity index is 411. The third kappa shape index (κ3) is 5.76. The number of alkyl halides is 1. The average molecular weight is 304 g/mol. The van der Waals surface area contributed by atoms with Crippen molar-refractivity contribution in [2.24, 2.45) is 11.8 Å². The number of hydrogen-bond donors (Lipinski definition) is 0. The summed E-state index contributed by atoms with van der Waals surface area (Å²) in [4.78, 5) is 2.22. The van der Waals surface area contributed by atoms with Crippen LogP contribution < -0.4 is 0 Å². The molecule has 1 aromatic rings. The molecule has 0 aliphatic carbocycles. The van der Waals surface area contributed by atoms with Crippen molar-refractivity contribution in [2.75, 3.05) is 19.6 Å². The quantitative estimate of drug-likeness (QED) is 0.650. The molecule has 20 heavy (non-hydrogen) atoms. The van der Waals surface area contributed by atoms with Gasteiger partial charge in [-0.15, -0.1) is 11.6 Å². The van der Waals surface area contributed by atoms with Gasteiger partial charge in [0.1, 0.15) is 11.6 Å². The predicted molar refractivity (Wildman–Crippen MR) is 81.1 cm³/mol. The van der Waals surface area contributed by atoms with Gasteiger partial charge in [0.05, 0.1) is 5.38 Å². The van der Waals surface area contributed by atoms with Gasteiger partial charge in [-0.05, 0) is 30.0 Å². The van der Waals surface area contributed by atoms with Crippen molar-refractivity contribution >= 4 is 11.6 Å². The third-order valence-electron chi connectivity index (χ3n) is 2.96. The first-order chi connectivity index (χ1) is 9.29. The highest BCUT2D eigenvalue weighted by atomic mass is 35.5. The van der Waals surface area contributed by atoms with E-state index in [-0.39, 0.29) is 5.56 Å². The molecule has 1 unspecified atom stereocenters. The van der Waals surface area contributed by atoms with Gasteiger partial charge in [0.15, 0.2) is 0 Å². The molecule has 0 amide bonds. The molecular weight excluding hydrogens is 280 g/mol. The summed E-state index contributed by atoms with van der Waals surface area (Å²) < 4.78 is 27.0. The first-order valence-electron chi connectivity index (χ1n) is 7.11. The van der Waals surface area contributed by atoms with Crippen LogP contribution >= 0.6 is 11.6 Å². The summed E-state index contributed by atoms with van der Waals surface area (Å²) in [5.74, 6) is 0.122. The Morgan fingerprint density at radius 2 is 1.55 bits per heavy atom. The molecule has 0 N–H and O–H groups in total. The maximum atomic E-state index is 13.7. The summed E-state index contributed by atoms with van der Waals surface area (Å²) in [6.07, 6.45) is 0. The van der Waals surface area contributed by atoms with Gasteiger partial charge in [0.25, 0.3) is 0 Å². The second-order valence-electron chi connectivity index (χ2n) is 6.14. The van der Waals surface area contributed by atoms with Crippen LogP contribution in [0.3, 0.4) is 0 Å². The van der Waals surface area contributed by atoms with Gasteiger partial charge in [-0.3, -0.25) is 0 Å². The lowest BCUT2D eigenvalue weighted by molar-refractivity contribution is 0.218. The molecule has 0 aromatic heterocycles. The lowest BCUT2D eigenvalue weighted by atomic mass is 10.1. The van der Waals surface area contributed by atoms with Crippen molar-refractivity contribution < 1.29 is 8.78 Å². The van der Waals surface area contributed by atoms with Crippen molar-refractivity contribution in [1.82, 2.24) is 4.90 Å². The summed E-state index contributed by atoms with van der Waals surface area (Å²) in [6, 6.07) is 3.44. The largest absolute Gasteiger partial charge is 0.301 e. The van der Waals surface area contributed by atoms with E-state index in [9.17, 15) is 8.78 Å². The fourth-order valence-corrected chi connectivity index (χ4v) is 2.70. The molecule has 4 heteroatoms. The highest BCUT2D eigenvalue weighted by Crippen LogP contribution is 2.25. The van der Waals surface area contributed by atoms with E-state index in [0.717, 1.165) is 25.2 Å². The zero-order chi connectivity index (χ0) is 15.3. The molecule has 0 aliphatic heterocycles. The van der Waals surface area contributed by atoms with Crippen LogP contribution in [0.25, 0.3) is 0 Å². The number of nitrogens with zero attached hydrogens (tertiary/aromatic N) is 1. The van der Waals surface area contributed by atoms with Crippen LogP contribution in [0.2, 0.25) is 0 Å². The maximum Gasteiger partial charge on any atom is 0.128 e. The molecule has 0 saturated heterocycles. The van der Waals surface area contributed by atoms with Crippen molar-refractivity contribution in [2.45, 2.75) is 33.1 Å². The van der Waals surface area contributed by atoms with E-state index < -0.39 is 17.0 Å². The molecule has 0 heterocycles. The molecule has 0 bridgehead atoms. The fraction of sp³-hybridized carbons (Fsp3) is 0.625. The van der Waals surface area contributed by atoms with Gasteiger partial charge in [-0.2, -0.15) is 0 Å². The van der Waals surface area contributed by atoms with E-state index >= 15 is 0 Å². The smallest absolute Gasteiger partial charge is 0.128 e. The van der Waals surface area contributed by atoms with Gasteiger partial charge in [0.2, 0.25) is 0 Å². The van der Waals surface area contributed by atoms with Gasteiger partial charge in [0, 0.05) is 25.2 Å². The maximum absolute atomic E-state index is 13.7. The Morgan fingerprint density at radius 3 is 2.05 bits per heavy atom. The molecule has 114 valence electrons. The normalized spacial score (nSPS) is 13.5. The van der Waals surface area contributed by atoms with Crippen LogP contribution in [0.15, 0.2) is 18.2 Å². The monoisotopic (exact) mass is 303 g/mol. The molecule has 0 fully saturated rings. The summed E-state index contributed by atoms with van der Waals surface area (Å²) in [5, 5.41) is -0.539. The number of benzene rings is 1. The minimum absolute atomic E-state index is 0.240. The van der Waals surface area contributed by atoms with E-state index in [1.807, 2.05) is 0 Å². The molecule has 0 radical (unpaired) electrons. The summed E-state index contributed by atoms with van der Waals surface area (Å²) in [7, 11) is 0. The number of rotatable bonds is 7. The summed E-state index contributed by atoms with van der Waals surface area (Å²) in [5.41, 5.74) is 0.240. The average Bonchev–Trinajstić information content (AvgIpc) is 2.30. The zero-order valence-electron chi connectivity index (χ0n) is 12.7. The number of hydrogen-bond acceptors (Lipinski definition) is 1. The second-order valence-corrected chi connectivity index (χ2v) is 6.67. The van der Waals surface area contributed by atoms with Crippen molar-refractivity contribution in [1.29, 1.82) is 0 Å². The number of halogens is 3. The molecule has 1 atom stereocenters. The Morgan fingerprint density at radius 1 is 1.00 bits per heavy atom. The standard InChI is InChI=1S/C16H24ClF2N/c1-11(2)8-20(9-12(3)4)10-15(17)14-7-13(18)5-6-16(14)19/h5-7,11-12,15H,8-10H2,1-4H3. The minimum Gasteiger partial charge on any atom is -0.301 e. The van der Waals surface area contributed by atoms with E-state index in [2.05, 4.69) is 32.6 Å². The lowest BCUT2D eigenvalue weighted by Gasteiger charge is -2.28. The molecule has 1 rings (SSSR count). The molecular formula is C16H24ClF2N. The van der Waals surface area contributed by atoms with Crippen LogP contribution in [0.5, 0.6) is 0 Å². The zero-order valence-corrected chi connectivity index (χ0v) is 13.4. The Labute approximate surface area is 125 Å². The Hall–Kier alpha value is -0.670. The third-order valence-corrected chi connectivity index (χ3v) is 3.33. The first-order valence-corrected chi connectivity index (χ1v) is 7.54. The van der Waals surface area contributed by atoms with Gasteiger partial charge in [-0.25, -0.2) is 8.78 Å². The van der Waals surface area contributed by atoms with E-state index in [0.29, 0.717) is 18.4 Å². The van der Waals surface area contributed by atoms with Crippen molar-refractivity contribution in [3.8, 4) is 0 Å². The highest BCUT2D eigenvalue weighted by molar-refractivity contribution is 6.21. The SMILES string of the molecule is CC(C)CN(CC(C)C)CC(Cl)c1cc(F)ccc1F. The lowest BCUT2D eigenvalue weighted by Crippen LogP contribution is -2.34. The van der Waals surface area contributed by atoms with Crippen LogP contribution in [-0.2, 0) is 0 Å². The topological polar surface area (TPSA) is 3.24 Å². The van der Waals surface area contributed by atoms with Gasteiger partial charge >= 0.3 is 0 Å². The van der Waals surface area contributed by atoms with Crippen LogP contribution in [-0.4, -0.2) is 24.5 Å². The van der Waals surface area contributed by atoms with Gasteiger partial charge < -0.3 is 4.90 Å². The Kier molecular flexibility index (Phi) is 6.90. The highest BCUT2D eigenvalue weighted by Gasteiger charge is 2.19. The Balaban J connectivity index is 2.78. The van der Waals surface area contributed by atoms with Gasteiger partial charge in [-0.1, -0.05) is 27.7 Å². The fourth-order valence-electron chi connectivity index (χ4n) is 2.34. The van der Waals surface area contributed by atoms with E-state index in [4.69, 9.17) is 11.6 Å². The second kappa shape index (κ2) is 7.94. The molecule has 1 aromatic carbocycles. The molecule has 1 nitrogen and oxygen atoms in total. The first kappa shape index (κ1) is 17.4. The van der Waals surface area contributed by atoms with Crippen LogP contribution in [0.4, 0.5) is 8.78 Å².